The highest BCUT2D eigenvalue weighted by Crippen LogP contribution is 2.19. The summed E-state index contributed by atoms with van der Waals surface area (Å²) in [6, 6.07) is 16.9. The van der Waals surface area contributed by atoms with Crippen LogP contribution in [-0.2, 0) is 13.0 Å². The van der Waals surface area contributed by atoms with Crippen LogP contribution in [0.3, 0.4) is 0 Å². The van der Waals surface area contributed by atoms with Crippen LogP contribution in [0.25, 0.3) is 11.0 Å². The molecule has 0 saturated carbocycles. The van der Waals surface area contributed by atoms with E-state index >= 15 is 0 Å². The fraction of sp³-hybridized carbons (Fsp3) is 0.235. The molecule has 0 saturated heterocycles. The zero-order valence-electron chi connectivity index (χ0n) is 11.4. The predicted molar refractivity (Wildman–Crippen MR) is 79.4 cm³/mol. The minimum atomic E-state index is 0.899. The molecule has 0 radical (unpaired) electrons. The first-order valence-electron chi connectivity index (χ1n) is 6.78. The SMILES string of the molecule is CCc1nc2ccccc2n1Cc1ccccc1C. The molecular formula is C17H18N2. The lowest BCUT2D eigenvalue weighted by Gasteiger charge is -2.10. The van der Waals surface area contributed by atoms with E-state index in [1.807, 2.05) is 6.07 Å². The van der Waals surface area contributed by atoms with Gasteiger partial charge in [-0.15, -0.1) is 0 Å². The molecular weight excluding hydrogens is 232 g/mol. The molecule has 0 spiro atoms. The summed E-state index contributed by atoms with van der Waals surface area (Å²) in [5.41, 5.74) is 5.01. The number of nitrogens with zero attached hydrogens (tertiary/aromatic N) is 2. The first-order valence-corrected chi connectivity index (χ1v) is 6.78. The Kier molecular flexibility index (Phi) is 3.08. The second-order valence-electron chi connectivity index (χ2n) is 4.88. The Morgan fingerprint density at radius 3 is 2.53 bits per heavy atom. The van der Waals surface area contributed by atoms with Gasteiger partial charge in [-0.05, 0) is 30.2 Å². The number of aromatic nitrogens is 2. The Bertz CT molecular complexity index is 710. The normalized spacial score (nSPS) is 11.1. The van der Waals surface area contributed by atoms with Crippen LogP contribution < -0.4 is 0 Å². The molecule has 0 unspecified atom stereocenters. The van der Waals surface area contributed by atoms with Crippen molar-refractivity contribution in [2.75, 3.05) is 0 Å². The molecule has 2 heteroatoms. The molecule has 3 rings (SSSR count). The summed E-state index contributed by atoms with van der Waals surface area (Å²) in [4.78, 5) is 4.72. The number of hydrogen-bond donors (Lipinski definition) is 0. The van der Waals surface area contributed by atoms with Gasteiger partial charge in [-0.2, -0.15) is 0 Å². The van der Waals surface area contributed by atoms with E-state index in [4.69, 9.17) is 4.98 Å². The summed E-state index contributed by atoms with van der Waals surface area (Å²) < 4.78 is 2.33. The molecule has 1 heterocycles. The lowest BCUT2D eigenvalue weighted by atomic mass is 10.1. The van der Waals surface area contributed by atoms with Gasteiger partial charge in [0.05, 0.1) is 11.0 Å². The fourth-order valence-electron chi connectivity index (χ4n) is 2.53. The molecule has 0 atom stereocenters. The molecule has 0 aliphatic heterocycles. The highest BCUT2D eigenvalue weighted by molar-refractivity contribution is 5.76. The number of imidazole rings is 1. The molecule has 3 aromatic rings. The lowest BCUT2D eigenvalue weighted by molar-refractivity contribution is 0.750. The lowest BCUT2D eigenvalue weighted by Crippen LogP contribution is -2.05. The van der Waals surface area contributed by atoms with Crippen molar-refractivity contribution >= 4 is 11.0 Å². The van der Waals surface area contributed by atoms with Gasteiger partial charge in [0, 0.05) is 13.0 Å². The van der Waals surface area contributed by atoms with Crippen LogP contribution in [0.1, 0.15) is 23.9 Å². The van der Waals surface area contributed by atoms with E-state index in [9.17, 15) is 0 Å². The summed E-state index contributed by atoms with van der Waals surface area (Å²) in [5, 5.41) is 0. The average molecular weight is 250 g/mol. The quantitative estimate of drug-likeness (QED) is 0.688. The smallest absolute Gasteiger partial charge is 0.109 e. The van der Waals surface area contributed by atoms with Crippen LogP contribution in [0.5, 0.6) is 0 Å². The molecule has 19 heavy (non-hydrogen) atoms. The van der Waals surface area contributed by atoms with Gasteiger partial charge in [-0.3, -0.25) is 0 Å². The molecule has 0 aliphatic carbocycles. The Labute approximate surface area is 113 Å². The summed E-state index contributed by atoms with van der Waals surface area (Å²) >= 11 is 0. The van der Waals surface area contributed by atoms with E-state index in [0.29, 0.717) is 0 Å². The van der Waals surface area contributed by atoms with Gasteiger partial charge in [0.15, 0.2) is 0 Å². The number of fused-ring (bicyclic) bond motifs is 1. The second-order valence-corrected chi connectivity index (χ2v) is 4.88. The molecule has 0 amide bonds. The fourth-order valence-corrected chi connectivity index (χ4v) is 2.53. The standard InChI is InChI=1S/C17H18N2/c1-3-17-18-15-10-6-7-11-16(15)19(17)12-14-9-5-4-8-13(14)2/h4-11H,3,12H2,1-2H3. The summed E-state index contributed by atoms with van der Waals surface area (Å²) in [7, 11) is 0. The highest BCUT2D eigenvalue weighted by Gasteiger charge is 2.09. The predicted octanol–water partition coefficient (Wildman–Crippen LogP) is 3.96. The van der Waals surface area contributed by atoms with E-state index in [1.165, 1.54) is 16.6 Å². The third-order valence-electron chi connectivity index (χ3n) is 3.64. The number of aryl methyl sites for hydroxylation is 2. The van der Waals surface area contributed by atoms with Crippen molar-refractivity contribution in [2.45, 2.75) is 26.8 Å². The molecule has 2 aromatic carbocycles. The second kappa shape index (κ2) is 4.88. The van der Waals surface area contributed by atoms with Crippen LogP contribution in [0.15, 0.2) is 48.5 Å². The first-order chi connectivity index (χ1) is 9.29. The number of benzene rings is 2. The Morgan fingerprint density at radius 2 is 1.74 bits per heavy atom. The highest BCUT2D eigenvalue weighted by atomic mass is 15.1. The van der Waals surface area contributed by atoms with Gasteiger partial charge in [0.2, 0.25) is 0 Å². The van der Waals surface area contributed by atoms with Gasteiger partial charge in [0.25, 0.3) is 0 Å². The molecule has 1 aromatic heterocycles. The van der Waals surface area contributed by atoms with Gasteiger partial charge in [-0.25, -0.2) is 4.98 Å². The molecule has 96 valence electrons. The molecule has 0 N–H and O–H groups in total. The van der Waals surface area contributed by atoms with Gasteiger partial charge < -0.3 is 4.57 Å². The zero-order chi connectivity index (χ0) is 13.2. The molecule has 2 nitrogen and oxygen atoms in total. The van der Waals surface area contributed by atoms with Crippen LogP contribution in [0.2, 0.25) is 0 Å². The number of rotatable bonds is 3. The topological polar surface area (TPSA) is 17.8 Å². The third-order valence-corrected chi connectivity index (χ3v) is 3.64. The Morgan fingerprint density at radius 1 is 1.00 bits per heavy atom. The van der Waals surface area contributed by atoms with Crippen molar-refractivity contribution in [1.82, 2.24) is 9.55 Å². The first kappa shape index (κ1) is 12.0. The maximum Gasteiger partial charge on any atom is 0.109 e. The van der Waals surface area contributed by atoms with Crippen molar-refractivity contribution in [3.63, 3.8) is 0 Å². The van der Waals surface area contributed by atoms with Crippen molar-refractivity contribution < 1.29 is 0 Å². The molecule has 0 aliphatic rings. The van der Waals surface area contributed by atoms with E-state index in [-0.39, 0.29) is 0 Å². The van der Waals surface area contributed by atoms with Gasteiger partial charge in [0.1, 0.15) is 5.82 Å². The summed E-state index contributed by atoms with van der Waals surface area (Å²) in [6.07, 6.45) is 0.959. The summed E-state index contributed by atoms with van der Waals surface area (Å²) in [6.45, 7) is 5.23. The van der Waals surface area contributed by atoms with Crippen molar-refractivity contribution in [2.24, 2.45) is 0 Å². The minimum absolute atomic E-state index is 0.899. The largest absolute Gasteiger partial charge is 0.323 e. The number of para-hydroxylation sites is 2. The van der Waals surface area contributed by atoms with Crippen molar-refractivity contribution in [1.29, 1.82) is 0 Å². The van der Waals surface area contributed by atoms with Crippen molar-refractivity contribution in [3.8, 4) is 0 Å². The van der Waals surface area contributed by atoms with Crippen molar-refractivity contribution in [3.05, 3.63) is 65.5 Å². The summed E-state index contributed by atoms with van der Waals surface area (Å²) in [5.74, 6) is 1.16. The third kappa shape index (κ3) is 2.14. The molecule has 0 bridgehead atoms. The average Bonchev–Trinajstić information content (AvgIpc) is 2.79. The minimum Gasteiger partial charge on any atom is -0.323 e. The van der Waals surface area contributed by atoms with E-state index in [2.05, 4.69) is 60.9 Å². The zero-order valence-corrected chi connectivity index (χ0v) is 11.4. The van der Waals surface area contributed by atoms with Crippen LogP contribution in [-0.4, -0.2) is 9.55 Å². The van der Waals surface area contributed by atoms with Gasteiger partial charge in [-0.1, -0.05) is 43.3 Å². The maximum atomic E-state index is 4.72. The Balaban J connectivity index is 2.12. The maximum absolute atomic E-state index is 4.72. The monoisotopic (exact) mass is 250 g/mol. The Hall–Kier alpha value is -2.09. The van der Waals surface area contributed by atoms with E-state index in [1.54, 1.807) is 0 Å². The van der Waals surface area contributed by atoms with E-state index < -0.39 is 0 Å². The van der Waals surface area contributed by atoms with Crippen LogP contribution >= 0.6 is 0 Å². The van der Waals surface area contributed by atoms with Crippen LogP contribution in [0.4, 0.5) is 0 Å². The van der Waals surface area contributed by atoms with Gasteiger partial charge >= 0.3 is 0 Å². The van der Waals surface area contributed by atoms with E-state index in [0.717, 1.165) is 24.3 Å². The number of hydrogen-bond acceptors (Lipinski definition) is 1. The molecule has 0 fully saturated rings. The van der Waals surface area contributed by atoms with Crippen LogP contribution in [0, 0.1) is 6.92 Å².